The van der Waals surface area contributed by atoms with E-state index < -0.39 is 0 Å². The van der Waals surface area contributed by atoms with Crippen LogP contribution in [0.5, 0.6) is 0 Å². The van der Waals surface area contributed by atoms with Crippen LogP contribution in [0.2, 0.25) is 0 Å². The maximum Gasteiger partial charge on any atom is 0.228 e. The Kier molecular flexibility index (Phi) is 4.38. The van der Waals surface area contributed by atoms with Crippen molar-refractivity contribution < 1.29 is 4.52 Å². The third kappa shape index (κ3) is 3.04. The minimum atomic E-state index is 0.209. The van der Waals surface area contributed by atoms with E-state index in [1.54, 1.807) is 0 Å². The summed E-state index contributed by atoms with van der Waals surface area (Å²) in [7, 11) is 1.96. The van der Waals surface area contributed by atoms with Gasteiger partial charge in [-0.15, -0.1) is 0 Å². The summed E-state index contributed by atoms with van der Waals surface area (Å²) in [5, 5.41) is 7.89. The van der Waals surface area contributed by atoms with Crippen LogP contribution in [-0.4, -0.2) is 22.9 Å². The average Bonchev–Trinajstić information content (AvgIpc) is 3.16. The molecule has 3 rings (SSSR count). The van der Waals surface area contributed by atoms with E-state index in [0.29, 0.717) is 5.25 Å². The van der Waals surface area contributed by atoms with E-state index in [1.165, 1.54) is 17.7 Å². The summed E-state index contributed by atoms with van der Waals surface area (Å²) in [6.07, 6.45) is 3.14. The lowest BCUT2D eigenvalue weighted by Gasteiger charge is -2.13. The van der Waals surface area contributed by atoms with Crippen molar-refractivity contribution in [2.45, 2.75) is 30.6 Å². The molecule has 106 valence electrons. The molecule has 20 heavy (non-hydrogen) atoms. The number of likely N-dealkylation sites (N-methyl/N-ethyl adjacent to an activating group) is 1. The first-order valence-electron chi connectivity index (χ1n) is 7.03. The molecular weight excluding hydrogens is 270 g/mol. The zero-order valence-corrected chi connectivity index (χ0v) is 12.4. The van der Waals surface area contributed by atoms with Gasteiger partial charge in [0.15, 0.2) is 5.82 Å². The van der Waals surface area contributed by atoms with Gasteiger partial charge in [-0.2, -0.15) is 16.7 Å². The van der Waals surface area contributed by atoms with Gasteiger partial charge in [0.1, 0.15) is 0 Å². The zero-order valence-electron chi connectivity index (χ0n) is 11.6. The number of aromatic nitrogens is 2. The van der Waals surface area contributed by atoms with Crippen molar-refractivity contribution in [2.75, 3.05) is 12.8 Å². The van der Waals surface area contributed by atoms with Crippen LogP contribution in [0.3, 0.4) is 0 Å². The van der Waals surface area contributed by atoms with Crippen molar-refractivity contribution >= 4 is 11.8 Å². The summed E-state index contributed by atoms with van der Waals surface area (Å²) < 4.78 is 5.42. The third-order valence-electron chi connectivity index (χ3n) is 3.63. The van der Waals surface area contributed by atoms with Crippen LogP contribution >= 0.6 is 11.8 Å². The van der Waals surface area contributed by atoms with E-state index in [4.69, 9.17) is 4.52 Å². The van der Waals surface area contributed by atoms with E-state index in [-0.39, 0.29) is 6.04 Å². The quantitative estimate of drug-likeness (QED) is 0.916. The third-order valence-corrected chi connectivity index (χ3v) is 5.00. The highest BCUT2D eigenvalue weighted by molar-refractivity contribution is 7.99. The van der Waals surface area contributed by atoms with Gasteiger partial charge >= 0.3 is 0 Å². The van der Waals surface area contributed by atoms with Crippen molar-refractivity contribution in [3.63, 3.8) is 0 Å². The van der Waals surface area contributed by atoms with Gasteiger partial charge in [-0.3, -0.25) is 0 Å². The SMILES string of the molecule is CNC(Cc1nc(C2CCCS2)no1)c1ccccc1. The lowest BCUT2D eigenvalue weighted by atomic mass is 10.0. The predicted octanol–water partition coefficient (Wildman–Crippen LogP) is 3.14. The Balaban J connectivity index is 1.70. The van der Waals surface area contributed by atoms with Gasteiger partial charge in [0.25, 0.3) is 0 Å². The molecule has 1 N–H and O–H groups in total. The molecule has 4 nitrogen and oxygen atoms in total. The molecule has 0 spiro atoms. The minimum Gasteiger partial charge on any atom is -0.339 e. The summed E-state index contributed by atoms with van der Waals surface area (Å²) in [5.74, 6) is 2.79. The zero-order chi connectivity index (χ0) is 13.8. The predicted molar refractivity (Wildman–Crippen MR) is 80.7 cm³/mol. The molecule has 0 aliphatic carbocycles. The second-order valence-corrected chi connectivity index (χ2v) is 6.31. The summed E-state index contributed by atoms with van der Waals surface area (Å²) in [6.45, 7) is 0. The van der Waals surface area contributed by atoms with Crippen molar-refractivity contribution in [1.82, 2.24) is 15.5 Å². The van der Waals surface area contributed by atoms with Crippen LogP contribution in [0.25, 0.3) is 0 Å². The van der Waals surface area contributed by atoms with Crippen molar-refractivity contribution in [2.24, 2.45) is 0 Å². The van der Waals surface area contributed by atoms with Crippen LogP contribution in [-0.2, 0) is 6.42 Å². The molecule has 0 bridgehead atoms. The van der Waals surface area contributed by atoms with E-state index in [1.807, 2.05) is 37.0 Å². The summed E-state index contributed by atoms with van der Waals surface area (Å²) in [5.41, 5.74) is 1.24. The fraction of sp³-hybridized carbons (Fsp3) is 0.467. The van der Waals surface area contributed by atoms with E-state index in [9.17, 15) is 0 Å². The number of hydrogen-bond donors (Lipinski definition) is 1. The molecule has 0 amide bonds. The highest BCUT2D eigenvalue weighted by Gasteiger charge is 2.23. The van der Waals surface area contributed by atoms with Gasteiger partial charge < -0.3 is 9.84 Å². The molecule has 5 heteroatoms. The number of thioether (sulfide) groups is 1. The molecule has 0 radical (unpaired) electrons. The Hall–Kier alpha value is -1.33. The van der Waals surface area contributed by atoms with Gasteiger partial charge in [0, 0.05) is 12.5 Å². The fourth-order valence-electron chi connectivity index (χ4n) is 2.51. The van der Waals surface area contributed by atoms with Gasteiger partial charge in [0.2, 0.25) is 5.89 Å². The molecule has 2 unspecified atom stereocenters. The largest absolute Gasteiger partial charge is 0.339 e. The molecule has 1 fully saturated rings. The monoisotopic (exact) mass is 289 g/mol. The summed E-state index contributed by atoms with van der Waals surface area (Å²) in [4.78, 5) is 4.57. The second kappa shape index (κ2) is 6.41. The van der Waals surface area contributed by atoms with Gasteiger partial charge in [-0.25, -0.2) is 0 Å². The van der Waals surface area contributed by atoms with Crippen LogP contribution in [0.15, 0.2) is 34.9 Å². The first-order chi connectivity index (χ1) is 9.86. The maximum absolute atomic E-state index is 5.42. The van der Waals surface area contributed by atoms with E-state index in [2.05, 4.69) is 27.6 Å². The first kappa shape index (κ1) is 13.6. The summed E-state index contributed by atoms with van der Waals surface area (Å²) in [6, 6.07) is 10.6. The molecule has 1 aliphatic heterocycles. The summed E-state index contributed by atoms with van der Waals surface area (Å²) >= 11 is 1.93. The normalized spacial score (nSPS) is 20.1. The number of rotatable bonds is 5. The van der Waals surface area contributed by atoms with Crippen molar-refractivity contribution in [3.05, 3.63) is 47.6 Å². The average molecular weight is 289 g/mol. The van der Waals surface area contributed by atoms with Gasteiger partial charge in [-0.05, 0) is 31.2 Å². The Morgan fingerprint density at radius 3 is 2.95 bits per heavy atom. The van der Waals surface area contributed by atoms with Crippen LogP contribution in [0, 0.1) is 0 Å². The van der Waals surface area contributed by atoms with Crippen molar-refractivity contribution in [1.29, 1.82) is 0 Å². The van der Waals surface area contributed by atoms with Crippen LogP contribution < -0.4 is 5.32 Å². The molecule has 0 saturated carbocycles. The highest BCUT2D eigenvalue weighted by atomic mass is 32.2. The smallest absolute Gasteiger partial charge is 0.228 e. The Bertz CT molecular complexity index is 537. The Morgan fingerprint density at radius 2 is 2.25 bits per heavy atom. The molecule has 1 saturated heterocycles. The Morgan fingerprint density at radius 1 is 1.40 bits per heavy atom. The Labute approximate surface area is 123 Å². The molecule has 2 aromatic rings. The lowest BCUT2D eigenvalue weighted by Crippen LogP contribution is -2.18. The second-order valence-electron chi connectivity index (χ2n) is 5.00. The first-order valence-corrected chi connectivity index (χ1v) is 8.08. The van der Waals surface area contributed by atoms with Gasteiger partial charge in [0.05, 0.1) is 5.25 Å². The molecular formula is C15H19N3OS. The number of benzene rings is 1. The minimum absolute atomic E-state index is 0.209. The number of nitrogens with one attached hydrogen (secondary N) is 1. The maximum atomic E-state index is 5.42. The van der Waals surface area contributed by atoms with Crippen molar-refractivity contribution in [3.8, 4) is 0 Å². The fourth-order valence-corrected chi connectivity index (χ4v) is 3.71. The topological polar surface area (TPSA) is 51.0 Å². The van der Waals surface area contributed by atoms with E-state index in [0.717, 1.165) is 24.6 Å². The molecule has 2 heterocycles. The van der Waals surface area contributed by atoms with E-state index >= 15 is 0 Å². The standard InChI is InChI=1S/C15H19N3OS/c1-16-12(11-6-3-2-4-7-11)10-14-17-15(18-19-14)13-8-5-9-20-13/h2-4,6-7,12-13,16H,5,8-10H2,1H3. The molecule has 1 aromatic carbocycles. The number of nitrogens with zero attached hydrogens (tertiary/aromatic N) is 2. The van der Waals surface area contributed by atoms with Crippen LogP contribution in [0.4, 0.5) is 0 Å². The lowest BCUT2D eigenvalue weighted by molar-refractivity contribution is 0.358. The highest BCUT2D eigenvalue weighted by Crippen LogP contribution is 2.38. The molecule has 1 aromatic heterocycles. The molecule has 2 atom stereocenters. The number of hydrogen-bond acceptors (Lipinski definition) is 5. The van der Waals surface area contributed by atoms with Gasteiger partial charge in [-0.1, -0.05) is 35.5 Å². The molecule has 1 aliphatic rings. The van der Waals surface area contributed by atoms with Crippen LogP contribution in [0.1, 0.15) is 41.4 Å².